The highest BCUT2D eigenvalue weighted by Crippen LogP contribution is 2.24. The molecule has 1 atom stereocenters. The van der Waals surface area contributed by atoms with E-state index in [9.17, 15) is 18.0 Å². The van der Waals surface area contributed by atoms with Gasteiger partial charge in [-0.25, -0.2) is 13.2 Å². The van der Waals surface area contributed by atoms with Crippen LogP contribution in [0.25, 0.3) is 11.1 Å². The number of rotatable bonds is 7. The number of fused-ring (bicyclic) bond motifs is 1. The van der Waals surface area contributed by atoms with Crippen LogP contribution in [0.15, 0.2) is 56.6 Å². The maximum Gasteiger partial charge on any atom is 0.419 e. The molecule has 1 heterocycles. The third kappa shape index (κ3) is 4.24. The van der Waals surface area contributed by atoms with Crippen molar-refractivity contribution >= 4 is 32.7 Å². The van der Waals surface area contributed by atoms with Crippen molar-refractivity contribution in [3.8, 4) is 5.75 Å². The van der Waals surface area contributed by atoms with Crippen molar-refractivity contribution in [3.63, 3.8) is 0 Å². The highest BCUT2D eigenvalue weighted by molar-refractivity contribution is 7.89. The molecule has 1 amide bonds. The van der Waals surface area contributed by atoms with E-state index in [1.54, 1.807) is 38.1 Å². The molecule has 10 heteroatoms. The lowest BCUT2D eigenvalue weighted by Gasteiger charge is -2.22. The molecule has 3 rings (SSSR count). The molecular weight excluding hydrogens is 410 g/mol. The number of ether oxygens (including phenoxy) is 1. The number of benzene rings is 2. The highest BCUT2D eigenvalue weighted by Gasteiger charge is 2.29. The predicted octanol–water partition coefficient (Wildman–Crippen LogP) is 2.08. The third-order valence-corrected chi connectivity index (χ3v) is 6.11. The quantitative estimate of drug-likeness (QED) is 0.589. The van der Waals surface area contributed by atoms with Gasteiger partial charge in [0.15, 0.2) is 5.58 Å². The smallest absolute Gasteiger partial charge is 0.419 e. The maximum absolute atomic E-state index is 12.9. The van der Waals surface area contributed by atoms with E-state index in [2.05, 4.69) is 10.0 Å². The second-order valence-electron chi connectivity index (χ2n) is 7.09. The lowest BCUT2D eigenvalue weighted by atomic mass is 10.0. The fourth-order valence-electron chi connectivity index (χ4n) is 2.97. The van der Waals surface area contributed by atoms with Crippen LogP contribution >= 0.6 is 0 Å². The van der Waals surface area contributed by atoms with E-state index in [1.807, 2.05) is 0 Å². The first-order valence-electron chi connectivity index (χ1n) is 9.20. The summed E-state index contributed by atoms with van der Waals surface area (Å²) in [6, 6.07) is 9.89. The number of anilines is 1. The summed E-state index contributed by atoms with van der Waals surface area (Å²) in [6.45, 7) is 3.46. The van der Waals surface area contributed by atoms with E-state index in [4.69, 9.17) is 9.15 Å². The van der Waals surface area contributed by atoms with E-state index in [0.717, 1.165) is 0 Å². The average molecular weight is 433 g/mol. The Morgan fingerprint density at radius 2 is 1.87 bits per heavy atom. The molecule has 3 aromatic rings. The van der Waals surface area contributed by atoms with Crippen molar-refractivity contribution in [2.24, 2.45) is 13.0 Å². The summed E-state index contributed by atoms with van der Waals surface area (Å²) in [7, 11) is -1.06. The minimum Gasteiger partial charge on any atom is -0.495 e. The summed E-state index contributed by atoms with van der Waals surface area (Å²) >= 11 is 0. The average Bonchev–Trinajstić information content (AvgIpc) is 2.99. The van der Waals surface area contributed by atoms with Gasteiger partial charge in [0, 0.05) is 13.1 Å². The molecule has 0 spiro atoms. The molecule has 0 saturated carbocycles. The molecule has 30 heavy (non-hydrogen) atoms. The Labute approximate surface area is 173 Å². The SMILES string of the molecule is COc1ccccc1NC(=O)C(NS(=O)(=O)c1ccc2c(c1)oc(=O)n2C)C(C)C. The van der Waals surface area contributed by atoms with Gasteiger partial charge in [-0.1, -0.05) is 26.0 Å². The largest absolute Gasteiger partial charge is 0.495 e. The van der Waals surface area contributed by atoms with Crippen LogP contribution in [-0.2, 0) is 21.9 Å². The van der Waals surface area contributed by atoms with Gasteiger partial charge < -0.3 is 14.5 Å². The van der Waals surface area contributed by atoms with Gasteiger partial charge in [0.05, 0.1) is 23.2 Å². The Bertz CT molecular complexity index is 1240. The first-order chi connectivity index (χ1) is 14.1. The Hall–Kier alpha value is -3.11. The molecule has 1 aromatic heterocycles. The minimum absolute atomic E-state index is 0.111. The zero-order valence-electron chi connectivity index (χ0n) is 17.0. The fraction of sp³-hybridized carbons (Fsp3) is 0.300. The third-order valence-electron chi connectivity index (χ3n) is 4.67. The van der Waals surface area contributed by atoms with Crippen LogP contribution in [0, 0.1) is 5.92 Å². The van der Waals surface area contributed by atoms with Crippen LogP contribution in [0.5, 0.6) is 5.75 Å². The normalized spacial score (nSPS) is 12.8. The number of methoxy groups -OCH3 is 1. The Morgan fingerprint density at radius 1 is 1.17 bits per heavy atom. The van der Waals surface area contributed by atoms with E-state index in [1.165, 1.54) is 36.9 Å². The number of amides is 1. The number of sulfonamides is 1. The van der Waals surface area contributed by atoms with Crippen LogP contribution < -0.4 is 20.5 Å². The summed E-state index contributed by atoms with van der Waals surface area (Å²) in [6.07, 6.45) is 0. The molecule has 0 bridgehead atoms. The van der Waals surface area contributed by atoms with Gasteiger partial charge in [-0.2, -0.15) is 4.72 Å². The molecule has 0 aliphatic carbocycles. The molecule has 0 fully saturated rings. The number of aromatic nitrogens is 1. The van der Waals surface area contributed by atoms with Gasteiger partial charge in [0.1, 0.15) is 11.8 Å². The van der Waals surface area contributed by atoms with Gasteiger partial charge in [0.2, 0.25) is 15.9 Å². The Balaban J connectivity index is 1.88. The van der Waals surface area contributed by atoms with Crippen LogP contribution in [0.1, 0.15) is 13.8 Å². The predicted molar refractivity (Wildman–Crippen MR) is 112 cm³/mol. The number of hydrogen-bond donors (Lipinski definition) is 2. The number of nitrogens with one attached hydrogen (secondary N) is 2. The fourth-order valence-corrected chi connectivity index (χ4v) is 4.33. The summed E-state index contributed by atoms with van der Waals surface area (Å²) in [5.41, 5.74) is 1.04. The van der Waals surface area contributed by atoms with Crippen molar-refractivity contribution in [1.82, 2.24) is 9.29 Å². The van der Waals surface area contributed by atoms with Gasteiger partial charge in [-0.05, 0) is 30.2 Å². The van der Waals surface area contributed by atoms with Crippen molar-refractivity contribution in [3.05, 3.63) is 53.0 Å². The van der Waals surface area contributed by atoms with E-state index in [0.29, 0.717) is 17.0 Å². The van der Waals surface area contributed by atoms with Crippen LogP contribution in [-0.4, -0.2) is 32.0 Å². The first-order valence-corrected chi connectivity index (χ1v) is 10.7. The maximum atomic E-state index is 12.9. The second-order valence-corrected chi connectivity index (χ2v) is 8.80. The molecule has 2 N–H and O–H groups in total. The molecule has 2 aromatic carbocycles. The molecule has 0 saturated heterocycles. The van der Waals surface area contributed by atoms with Gasteiger partial charge in [-0.15, -0.1) is 0 Å². The number of carbonyl (C=O) groups is 1. The summed E-state index contributed by atoms with van der Waals surface area (Å²) in [5.74, 6) is -0.997. The zero-order valence-corrected chi connectivity index (χ0v) is 17.8. The summed E-state index contributed by atoms with van der Waals surface area (Å²) in [5, 5.41) is 2.70. The van der Waals surface area contributed by atoms with E-state index < -0.39 is 27.7 Å². The highest BCUT2D eigenvalue weighted by atomic mass is 32.2. The first kappa shape index (κ1) is 21.6. The molecule has 0 radical (unpaired) electrons. The number of hydrogen-bond acceptors (Lipinski definition) is 6. The van der Waals surface area contributed by atoms with E-state index in [-0.39, 0.29) is 16.4 Å². The second kappa shape index (κ2) is 8.33. The molecule has 160 valence electrons. The van der Waals surface area contributed by atoms with E-state index >= 15 is 0 Å². The van der Waals surface area contributed by atoms with Crippen LogP contribution in [0.3, 0.4) is 0 Å². The summed E-state index contributed by atoms with van der Waals surface area (Å²) < 4.78 is 39.8. The number of aryl methyl sites for hydroxylation is 1. The topological polar surface area (TPSA) is 120 Å². The standard InChI is InChI=1S/C20H23N3O6S/c1-12(2)18(19(24)21-14-7-5-6-8-16(14)28-4)22-30(26,27)13-9-10-15-17(11-13)29-20(25)23(15)3/h5-12,18,22H,1-4H3,(H,21,24). The molecule has 9 nitrogen and oxygen atoms in total. The molecule has 1 unspecified atom stereocenters. The van der Waals surface area contributed by atoms with Crippen LogP contribution in [0.2, 0.25) is 0 Å². The van der Waals surface area contributed by atoms with Gasteiger partial charge in [0.25, 0.3) is 0 Å². The lowest BCUT2D eigenvalue weighted by molar-refractivity contribution is -0.118. The van der Waals surface area contributed by atoms with Crippen molar-refractivity contribution in [2.45, 2.75) is 24.8 Å². The van der Waals surface area contributed by atoms with Crippen LogP contribution in [0.4, 0.5) is 5.69 Å². The van der Waals surface area contributed by atoms with Gasteiger partial charge >= 0.3 is 5.76 Å². The lowest BCUT2D eigenvalue weighted by Crippen LogP contribution is -2.47. The number of carbonyl (C=O) groups excluding carboxylic acids is 1. The Kier molecular flexibility index (Phi) is 5.99. The number of nitrogens with zero attached hydrogens (tertiary/aromatic N) is 1. The molecule has 0 aliphatic heterocycles. The van der Waals surface area contributed by atoms with Crippen molar-refractivity contribution in [2.75, 3.05) is 12.4 Å². The molecule has 0 aliphatic rings. The van der Waals surface area contributed by atoms with Crippen molar-refractivity contribution in [1.29, 1.82) is 0 Å². The van der Waals surface area contributed by atoms with Gasteiger partial charge in [-0.3, -0.25) is 9.36 Å². The molecular formula is C20H23N3O6S. The minimum atomic E-state index is -4.07. The Morgan fingerprint density at radius 3 is 2.53 bits per heavy atom. The van der Waals surface area contributed by atoms with Crippen molar-refractivity contribution < 1.29 is 22.4 Å². The number of para-hydroxylation sites is 2. The zero-order chi connectivity index (χ0) is 22.1. The summed E-state index contributed by atoms with van der Waals surface area (Å²) in [4.78, 5) is 24.4. The monoisotopic (exact) mass is 433 g/mol. The number of oxazole rings is 1.